The van der Waals surface area contributed by atoms with Gasteiger partial charge >= 0.3 is 5.97 Å². The Balaban J connectivity index is 1.56. The Bertz CT molecular complexity index is 233. The lowest BCUT2D eigenvalue weighted by molar-refractivity contribution is -0.137. The summed E-state index contributed by atoms with van der Waals surface area (Å²) in [5.41, 5.74) is 0. The lowest BCUT2D eigenvalue weighted by atomic mass is 10.0. The predicted molar refractivity (Wildman–Crippen MR) is 62.4 cm³/mol. The van der Waals surface area contributed by atoms with Crippen LogP contribution >= 0.6 is 0 Å². The van der Waals surface area contributed by atoms with Crippen LogP contribution in [0.4, 0.5) is 0 Å². The fraction of sp³-hybridized carbons (Fsp3) is 0.917. The van der Waals surface area contributed by atoms with Crippen molar-refractivity contribution in [2.45, 2.75) is 38.1 Å². The van der Waals surface area contributed by atoms with Crippen molar-refractivity contribution in [3.63, 3.8) is 0 Å². The molecule has 0 atom stereocenters. The highest BCUT2D eigenvalue weighted by atomic mass is 16.4. The molecule has 0 unspecified atom stereocenters. The highest BCUT2D eigenvalue weighted by molar-refractivity contribution is 5.66. The van der Waals surface area contributed by atoms with Gasteiger partial charge < -0.3 is 15.3 Å². The molecule has 2 N–H and O–H groups in total. The van der Waals surface area contributed by atoms with Crippen molar-refractivity contribution >= 4 is 5.97 Å². The number of hydrogen-bond acceptors (Lipinski definition) is 3. The van der Waals surface area contributed by atoms with Crippen molar-refractivity contribution in [3.05, 3.63) is 0 Å². The number of nitrogens with zero attached hydrogens (tertiary/aromatic N) is 1. The maximum atomic E-state index is 10.5. The van der Waals surface area contributed by atoms with Gasteiger partial charge in [-0.2, -0.15) is 0 Å². The van der Waals surface area contributed by atoms with E-state index in [-0.39, 0.29) is 6.42 Å². The largest absolute Gasteiger partial charge is 0.481 e. The highest BCUT2D eigenvalue weighted by Crippen LogP contribution is 2.28. The number of piperidine rings is 1. The summed E-state index contributed by atoms with van der Waals surface area (Å²) in [6.45, 7) is 4.01. The summed E-state index contributed by atoms with van der Waals surface area (Å²) in [6.07, 6.45) is 5.44. The molecule has 2 rings (SSSR count). The third kappa shape index (κ3) is 4.10. The highest BCUT2D eigenvalue weighted by Gasteiger charge is 2.24. The van der Waals surface area contributed by atoms with Gasteiger partial charge in [0.15, 0.2) is 0 Å². The Kier molecular flexibility index (Phi) is 4.18. The molecule has 1 aliphatic heterocycles. The van der Waals surface area contributed by atoms with Crippen LogP contribution in [0.1, 0.15) is 32.1 Å². The van der Waals surface area contributed by atoms with Crippen LogP contribution in [-0.4, -0.2) is 48.2 Å². The molecular formula is C12H22N2O2. The first-order chi connectivity index (χ1) is 7.74. The van der Waals surface area contributed by atoms with Gasteiger partial charge in [0.25, 0.3) is 0 Å². The molecule has 1 heterocycles. The van der Waals surface area contributed by atoms with Crippen LogP contribution in [-0.2, 0) is 4.79 Å². The third-order valence-electron chi connectivity index (χ3n) is 3.62. The van der Waals surface area contributed by atoms with Gasteiger partial charge in [-0.05, 0) is 51.2 Å². The molecule has 0 amide bonds. The first kappa shape index (κ1) is 11.9. The van der Waals surface area contributed by atoms with Gasteiger partial charge in [-0.3, -0.25) is 4.79 Å². The number of rotatable bonds is 6. The van der Waals surface area contributed by atoms with Crippen molar-refractivity contribution in [2.24, 2.45) is 5.92 Å². The summed E-state index contributed by atoms with van der Waals surface area (Å²) in [5.74, 6) is 0.263. The zero-order chi connectivity index (χ0) is 11.4. The average molecular weight is 226 g/mol. The molecule has 0 radical (unpaired) electrons. The fourth-order valence-corrected chi connectivity index (χ4v) is 2.27. The van der Waals surface area contributed by atoms with E-state index < -0.39 is 5.97 Å². The number of carbonyl (C=O) groups is 1. The minimum Gasteiger partial charge on any atom is -0.481 e. The van der Waals surface area contributed by atoms with Gasteiger partial charge in [-0.25, -0.2) is 0 Å². The van der Waals surface area contributed by atoms with E-state index in [1.807, 2.05) is 0 Å². The summed E-state index contributed by atoms with van der Waals surface area (Å²) < 4.78 is 0. The number of likely N-dealkylation sites (tertiary alicyclic amines) is 1. The Morgan fingerprint density at radius 3 is 2.50 bits per heavy atom. The van der Waals surface area contributed by atoms with Gasteiger partial charge in [0.2, 0.25) is 0 Å². The average Bonchev–Trinajstić information content (AvgIpc) is 3.09. The quantitative estimate of drug-likeness (QED) is 0.707. The van der Waals surface area contributed by atoms with Crippen LogP contribution in [0.25, 0.3) is 0 Å². The van der Waals surface area contributed by atoms with Crippen molar-refractivity contribution in [3.8, 4) is 0 Å². The second kappa shape index (κ2) is 5.64. The monoisotopic (exact) mass is 226 g/mol. The molecule has 2 fully saturated rings. The minimum absolute atomic E-state index is 0.278. The number of nitrogens with one attached hydrogen (secondary N) is 1. The van der Waals surface area contributed by atoms with E-state index in [0.29, 0.717) is 12.6 Å². The molecule has 0 spiro atoms. The zero-order valence-corrected chi connectivity index (χ0v) is 9.82. The number of carboxylic acids is 1. The topological polar surface area (TPSA) is 52.6 Å². The number of hydrogen-bond donors (Lipinski definition) is 2. The van der Waals surface area contributed by atoms with Crippen molar-refractivity contribution in [2.75, 3.05) is 26.2 Å². The number of aliphatic carboxylic acids is 1. The summed E-state index contributed by atoms with van der Waals surface area (Å²) in [5, 5.41) is 12.2. The van der Waals surface area contributed by atoms with E-state index in [0.717, 1.165) is 19.0 Å². The smallest absolute Gasteiger partial charge is 0.304 e. The molecule has 0 aromatic rings. The standard InChI is InChI=1S/C12H22N2O2/c15-12(16)5-8-14-6-3-11(4-7-14)13-9-10-1-2-10/h10-11,13H,1-9H2,(H,15,16). The Morgan fingerprint density at radius 2 is 1.94 bits per heavy atom. The SMILES string of the molecule is O=C(O)CCN1CCC(NCC2CC2)CC1. The van der Waals surface area contributed by atoms with Crippen molar-refractivity contribution < 1.29 is 9.90 Å². The zero-order valence-electron chi connectivity index (χ0n) is 9.82. The van der Waals surface area contributed by atoms with E-state index in [2.05, 4.69) is 10.2 Å². The van der Waals surface area contributed by atoms with Crippen LogP contribution in [0.5, 0.6) is 0 Å². The fourth-order valence-electron chi connectivity index (χ4n) is 2.27. The maximum Gasteiger partial charge on any atom is 0.304 e. The first-order valence-corrected chi connectivity index (χ1v) is 6.41. The summed E-state index contributed by atoms with van der Waals surface area (Å²) in [7, 11) is 0. The predicted octanol–water partition coefficient (Wildman–Crippen LogP) is 0.925. The van der Waals surface area contributed by atoms with Crippen LogP contribution in [0, 0.1) is 5.92 Å². The molecule has 0 bridgehead atoms. The van der Waals surface area contributed by atoms with E-state index in [1.165, 1.54) is 32.2 Å². The Morgan fingerprint density at radius 1 is 1.25 bits per heavy atom. The lowest BCUT2D eigenvalue weighted by Gasteiger charge is -2.32. The lowest BCUT2D eigenvalue weighted by Crippen LogP contribution is -2.43. The Labute approximate surface area is 97.0 Å². The molecule has 4 heteroatoms. The molecular weight excluding hydrogens is 204 g/mol. The molecule has 1 saturated carbocycles. The Hall–Kier alpha value is -0.610. The van der Waals surface area contributed by atoms with Crippen LogP contribution in [0.2, 0.25) is 0 Å². The first-order valence-electron chi connectivity index (χ1n) is 6.41. The molecule has 0 aromatic carbocycles. The van der Waals surface area contributed by atoms with Gasteiger partial charge in [0, 0.05) is 12.6 Å². The summed E-state index contributed by atoms with van der Waals surface area (Å²) >= 11 is 0. The molecule has 0 aromatic heterocycles. The molecule has 4 nitrogen and oxygen atoms in total. The maximum absolute atomic E-state index is 10.5. The molecule has 1 saturated heterocycles. The van der Waals surface area contributed by atoms with Gasteiger partial charge in [-0.1, -0.05) is 0 Å². The van der Waals surface area contributed by atoms with E-state index in [1.54, 1.807) is 0 Å². The van der Waals surface area contributed by atoms with E-state index in [9.17, 15) is 4.79 Å². The van der Waals surface area contributed by atoms with Gasteiger partial charge in [0.1, 0.15) is 0 Å². The normalized spacial score (nSPS) is 23.5. The van der Waals surface area contributed by atoms with Gasteiger partial charge in [-0.15, -0.1) is 0 Å². The summed E-state index contributed by atoms with van der Waals surface area (Å²) in [4.78, 5) is 12.7. The molecule has 92 valence electrons. The molecule has 1 aliphatic carbocycles. The van der Waals surface area contributed by atoms with Crippen LogP contribution in [0.15, 0.2) is 0 Å². The summed E-state index contributed by atoms with van der Waals surface area (Å²) in [6, 6.07) is 0.668. The van der Waals surface area contributed by atoms with Crippen molar-refractivity contribution in [1.82, 2.24) is 10.2 Å². The van der Waals surface area contributed by atoms with Crippen molar-refractivity contribution in [1.29, 1.82) is 0 Å². The van der Waals surface area contributed by atoms with E-state index >= 15 is 0 Å². The second-order valence-electron chi connectivity index (χ2n) is 5.11. The number of carboxylic acid groups (broad SMARTS) is 1. The van der Waals surface area contributed by atoms with Gasteiger partial charge in [0.05, 0.1) is 6.42 Å². The van der Waals surface area contributed by atoms with E-state index in [4.69, 9.17) is 5.11 Å². The van der Waals surface area contributed by atoms with Crippen LogP contribution < -0.4 is 5.32 Å². The minimum atomic E-state index is -0.686. The van der Waals surface area contributed by atoms with Crippen LogP contribution in [0.3, 0.4) is 0 Å². The molecule has 16 heavy (non-hydrogen) atoms. The molecule has 2 aliphatic rings. The third-order valence-corrected chi connectivity index (χ3v) is 3.62. The second-order valence-corrected chi connectivity index (χ2v) is 5.11.